The molecule has 0 aromatic heterocycles. The molecule has 0 saturated heterocycles. The van der Waals surface area contributed by atoms with Gasteiger partial charge in [-0.05, 0) is 13.0 Å². The van der Waals surface area contributed by atoms with Gasteiger partial charge >= 0.3 is 5.97 Å². The first kappa shape index (κ1) is 16.2. The number of alkyl halides is 1. The lowest BCUT2D eigenvalue weighted by Gasteiger charge is -2.04. The van der Waals surface area contributed by atoms with Crippen LogP contribution in [0.1, 0.15) is 6.92 Å². The van der Waals surface area contributed by atoms with Crippen LogP contribution in [0.3, 0.4) is 0 Å². The van der Waals surface area contributed by atoms with Crippen LogP contribution in [0.15, 0.2) is 12.2 Å². The van der Waals surface area contributed by atoms with Gasteiger partial charge in [0.05, 0.1) is 25.2 Å². The minimum Gasteiger partial charge on any atom is -0.460 e. The highest BCUT2D eigenvalue weighted by Gasteiger charge is 1.95. The topological polar surface area (TPSA) is 44.8 Å². The van der Waals surface area contributed by atoms with Gasteiger partial charge in [-0.25, -0.2) is 4.79 Å². The Morgan fingerprint density at radius 2 is 1.94 bits per heavy atom. The van der Waals surface area contributed by atoms with Gasteiger partial charge in [0.2, 0.25) is 0 Å². The molecular weight excluding hydrogens is 288 g/mol. The first-order chi connectivity index (χ1) is 8.31. The van der Waals surface area contributed by atoms with E-state index in [1.54, 1.807) is 0 Å². The average Bonchev–Trinajstić information content (AvgIpc) is 2.33. The van der Waals surface area contributed by atoms with Gasteiger partial charge < -0.3 is 14.2 Å². The van der Waals surface area contributed by atoms with Gasteiger partial charge in [-0.1, -0.05) is 27.8 Å². The van der Waals surface area contributed by atoms with Crippen LogP contribution >= 0.6 is 15.9 Å². The molecule has 0 bridgehead atoms. The van der Waals surface area contributed by atoms with Gasteiger partial charge in [-0.3, -0.25) is 0 Å². The molecule has 0 aromatic rings. The maximum Gasteiger partial charge on any atom is 0.331 e. The van der Waals surface area contributed by atoms with E-state index in [1.165, 1.54) is 12.2 Å². The van der Waals surface area contributed by atoms with Crippen molar-refractivity contribution in [2.45, 2.75) is 6.92 Å². The Bertz CT molecular complexity index is 278. The second-order valence-electron chi connectivity index (χ2n) is 2.76. The van der Waals surface area contributed by atoms with E-state index in [9.17, 15) is 4.79 Å². The SMILES string of the molecule is CCOCCOCCOC(=O)C=CC#CCBr. The number of ether oxygens (including phenoxy) is 3. The zero-order chi connectivity index (χ0) is 12.8. The molecule has 4 nitrogen and oxygen atoms in total. The lowest BCUT2D eigenvalue weighted by Crippen LogP contribution is -2.11. The molecule has 0 heterocycles. The van der Waals surface area contributed by atoms with E-state index >= 15 is 0 Å². The third kappa shape index (κ3) is 13.1. The van der Waals surface area contributed by atoms with Crippen LogP contribution in [0.5, 0.6) is 0 Å². The summed E-state index contributed by atoms with van der Waals surface area (Å²) in [5.74, 6) is 4.98. The molecule has 0 aliphatic carbocycles. The van der Waals surface area contributed by atoms with Crippen LogP contribution in [0.4, 0.5) is 0 Å². The summed E-state index contributed by atoms with van der Waals surface area (Å²) in [6.07, 6.45) is 2.75. The van der Waals surface area contributed by atoms with E-state index < -0.39 is 5.97 Å². The summed E-state index contributed by atoms with van der Waals surface area (Å²) in [4.78, 5) is 11.1. The number of halogens is 1. The van der Waals surface area contributed by atoms with Crippen molar-refractivity contribution in [2.75, 3.05) is 38.4 Å². The predicted molar refractivity (Wildman–Crippen MR) is 69.0 cm³/mol. The van der Waals surface area contributed by atoms with Crippen LogP contribution in [-0.2, 0) is 19.0 Å². The average molecular weight is 305 g/mol. The van der Waals surface area contributed by atoms with E-state index in [2.05, 4.69) is 27.8 Å². The van der Waals surface area contributed by atoms with Gasteiger partial charge in [0.25, 0.3) is 0 Å². The molecule has 0 aliphatic rings. The van der Waals surface area contributed by atoms with E-state index in [-0.39, 0.29) is 6.61 Å². The first-order valence-electron chi connectivity index (χ1n) is 5.34. The van der Waals surface area contributed by atoms with Crippen LogP contribution < -0.4 is 0 Å². The summed E-state index contributed by atoms with van der Waals surface area (Å²) in [6.45, 7) is 4.29. The summed E-state index contributed by atoms with van der Waals surface area (Å²) in [5, 5.41) is 0.583. The maximum atomic E-state index is 11.1. The van der Waals surface area contributed by atoms with Gasteiger partial charge in [0.15, 0.2) is 0 Å². The Kier molecular flexibility index (Phi) is 12.6. The van der Waals surface area contributed by atoms with Crippen LogP contribution in [0, 0.1) is 11.8 Å². The van der Waals surface area contributed by atoms with Gasteiger partial charge in [-0.15, -0.1) is 0 Å². The highest BCUT2D eigenvalue weighted by molar-refractivity contribution is 9.09. The Balaban J connectivity index is 3.36. The normalized spacial score (nSPS) is 10.0. The van der Waals surface area contributed by atoms with Crippen molar-refractivity contribution in [3.05, 3.63) is 12.2 Å². The van der Waals surface area contributed by atoms with Crippen molar-refractivity contribution in [1.29, 1.82) is 0 Å². The molecule has 0 saturated carbocycles. The Labute approximate surface area is 110 Å². The zero-order valence-electron chi connectivity index (χ0n) is 9.91. The zero-order valence-corrected chi connectivity index (χ0v) is 11.5. The van der Waals surface area contributed by atoms with Gasteiger partial charge in [-0.2, -0.15) is 0 Å². The van der Waals surface area contributed by atoms with Gasteiger partial charge in [0.1, 0.15) is 6.61 Å². The molecule has 0 N–H and O–H groups in total. The summed E-state index contributed by atoms with van der Waals surface area (Å²) in [5.41, 5.74) is 0. The summed E-state index contributed by atoms with van der Waals surface area (Å²) in [7, 11) is 0. The smallest absolute Gasteiger partial charge is 0.331 e. The van der Waals surface area contributed by atoms with Gasteiger partial charge in [0, 0.05) is 12.7 Å². The third-order valence-corrected chi connectivity index (χ3v) is 1.80. The number of esters is 1. The molecule has 0 aliphatic heterocycles. The van der Waals surface area contributed by atoms with E-state index in [1.807, 2.05) is 6.92 Å². The monoisotopic (exact) mass is 304 g/mol. The van der Waals surface area contributed by atoms with Crippen LogP contribution in [-0.4, -0.2) is 44.3 Å². The fourth-order valence-electron chi connectivity index (χ4n) is 0.821. The molecule has 96 valence electrons. The van der Waals surface area contributed by atoms with E-state index in [0.29, 0.717) is 31.8 Å². The summed E-state index contributed by atoms with van der Waals surface area (Å²) >= 11 is 3.14. The largest absolute Gasteiger partial charge is 0.460 e. The summed E-state index contributed by atoms with van der Waals surface area (Å²) in [6, 6.07) is 0. The van der Waals surface area contributed by atoms with E-state index in [4.69, 9.17) is 14.2 Å². The Morgan fingerprint density at radius 1 is 1.24 bits per heavy atom. The molecular formula is C12H17BrO4. The lowest BCUT2D eigenvalue weighted by molar-refractivity contribution is -0.139. The van der Waals surface area contributed by atoms with Crippen molar-refractivity contribution < 1.29 is 19.0 Å². The maximum absolute atomic E-state index is 11.1. The lowest BCUT2D eigenvalue weighted by atomic mass is 10.5. The quantitative estimate of drug-likeness (QED) is 0.224. The number of carbonyl (C=O) groups excluding carboxylic acids is 1. The Hall–Kier alpha value is -0.830. The number of rotatable bonds is 8. The second-order valence-corrected chi connectivity index (χ2v) is 3.33. The second kappa shape index (κ2) is 13.2. The van der Waals surface area contributed by atoms with E-state index in [0.717, 1.165) is 0 Å². The molecule has 0 amide bonds. The molecule has 17 heavy (non-hydrogen) atoms. The molecule has 5 heteroatoms. The van der Waals surface area contributed by atoms with Crippen molar-refractivity contribution in [3.63, 3.8) is 0 Å². The van der Waals surface area contributed by atoms with Crippen molar-refractivity contribution in [1.82, 2.24) is 0 Å². The Morgan fingerprint density at radius 3 is 2.65 bits per heavy atom. The number of allylic oxidation sites excluding steroid dienone is 1. The van der Waals surface area contributed by atoms with Crippen LogP contribution in [0.25, 0.3) is 0 Å². The molecule has 0 atom stereocenters. The molecule has 0 spiro atoms. The van der Waals surface area contributed by atoms with Crippen LogP contribution in [0.2, 0.25) is 0 Å². The highest BCUT2D eigenvalue weighted by atomic mass is 79.9. The molecule has 0 radical (unpaired) electrons. The number of carbonyl (C=O) groups is 1. The minimum atomic E-state index is -0.415. The third-order valence-electron chi connectivity index (χ3n) is 1.52. The fraction of sp³-hybridized carbons (Fsp3) is 0.583. The number of hydrogen-bond acceptors (Lipinski definition) is 4. The highest BCUT2D eigenvalue weighted by Crippen LogP contribution is 1.84. The number of hydrogen-bond donors (Lipinski definition) is 0. The fourth-order valence-corrected chi connectivity index (χ4v) is 0.983. The molecule has 0 unspecified atom stereocenters. The molecule has 0 fully saturated rings. The van der Waals surface area contributed by atoms with Crippen molar-refractivity contribution in [3.8, 4) is 11.8 Å². The predicted octanol–water partition coefficient (Wildman–Crippen LogP) is 1.54. The minimum absolute atomic E-state index is 0.237. The molecule has 0 aromatic carbocycles. The standard InChI is InChI=1S/C12H17BrO4/c1-2-15-8-9-16-10-11-17-12(14)6-4-3-5-7-13/h4,6H,2,7-11H2,1H3. The van der Waals surface area contributed by atoms with Crippen molar-refractivity contribution >= 4 is 21.9 Å². The first-order valence-corrected chi connectivity index (χ1v) is 6.46. The molecule has 0 rings (SSSR count). The summed E-state index contributed by atoms with van der Waals surface area (Å²) < 4.78 is 15.1. The van der Waals surface area contributed by atoms with Crippen molar-refractivity contribution in [2.24, 2.45) is 0 Å².